The number of carbonyl (C=O) groups is 3. The van der Waals surface area contributed by atoms with Gasteiger partial charge in [0.05, 0.1) is 0 Å². The minimum atomic E-state index is -1.07. The van der Waals surface area contributed by atoms with Gasteiger partial charge in [-0.15, -0.1) is 0 Å². The second-order valence-electron chi connectivity index (χ2n) is 4.43. The highest BCUT2D eigenvalue weighted by atomic mass is 16.5. The molecular formula is C12H17N3O4. The normalized spacial score (nSPS) is 12.0. The number of imide groups is 1. The average Bonchev–Trinajstić information content (AvgIpc) is 2.70. The molecule has 0 bridgehead atoms. The zero-order valence-electron chi connectivity index (χ0n) is 11.0. The molecule has 0 fully saturated rings. The number of urea groups is 1. The fourth-order valence-electron chi connectivity index (χ4n) is 1.53. The zero-order valence-corrected chi connectivity index (χ0v) is 11.0. The molecule has 0 aliphatic rings. The van der Waals surface area contributed by atoms with Gasteiger partial charge < -0.3 is 15.0 Å². The smallest absolute Gasteiger partial charge is 0.355 e. The van der Waals surface area contributed by atoms with Crippen LogP contribution in [0.3, 0.4) is 0 Å². The van der Waals surface area contributed by atoms with Gasteiger partial charge in [-0.1, -0.05) is 13.8 Å². The molecule has 0 aliphatic heterocycles. The highest BCUT2D eigenvalue weighted by molar-refractivity contribution is 5.98. The lowest BCUT2D eigenvalue weighted by Gasteiger charge is -2.19. The Kier molecular flexibility index (Phi) is 4.68. The molecular weight excluding hydrogens is 250 g/mol. The summed E-state index contributed by atoms with van der Waals surface area (Å²) in [5.41, 5.74) is 5.18. The SMILES string of the molecule is CC(C)[C@@H](OC(=O)c1cccn1C)C(=O)NC(N)=O. The molecule has 0 aromatic carbocycles. The minimum absolute atomic E-state index is 0.288. The number of nitrogens with zero attached hydrogens (tertiary/aromatic N) is 1. The van der Waals surface area contributed by atoms with E-state index >= 15 is 0 Å². The number of esters is 1. The molecule has 0 aliphatic carbocycles. The molecule has 3 N–H and O–H groups in total. The van der Waals surface area contributed by atoms with Crippen molar-refractivity contribution in [2.45, 2.75) is 20.0 Å². The van der Waals surface area contributed by atoms with Gasteiger partial charge in [0.25, 0.3) is 5.91 Å². The Labute approximate surface area is 110 Å². The van der Waals surface area contributed by atoms with E-state index in [0.717, 1.165) is 0 Å². The third kappa shape index (κ3) is 3.84. The van der Waals surface area contributed by atoms with Gasteiger partial charge >= 0.3 is 12.0 Å². The number of aromatic nitrogens is 1. The maximum Gasteiger partial charge on any atom is 0.355 e. The van der Waals surface area contributed by atoms with Gasteiger partial charge in [-0.2, -0.15) is 0 Å². The lowest BCUT2D eigenvalue weighted by molar-refractivity contribution is -0.130. The first kappa shape index (κ1) is 14.7. The predicted molar refractivity (Wildman–Crippen MR) is 67.2 cm³/mol. The number of hydrogen-bond acceptors (Lipinski definition) is 4. The third-order valence-corrected chi connectivity index (χ3v) is 2.50. The number of amides is 3. The summed E-state index contributed by atoms with van der Waals surface area (Å²) in [6, 6.07) is 2.28. The fourth-order valence-corrected chi connectivity index (χ4v) is 1.53. The van der Waals surface area contributed by atoms with Crippen LogP contribution in [-0.4, -0.2) is 28.6 Å². The molecule has 7 nitrogen and oxygen atoms in total. The number of nitrogens with one attached hydrogen (secondary N) is 1. The standard InChI is InChI=1S/C12H17N3O4/c1-7(2)9(10(16)14-12(13)18)19-11(17)8-5-4-6-15(8)3/h4-7,9H,1-3H3,(H3,13,14,16,18)/t9-/m1/s1. The predicted octanol–water partition coefficient (Wildman–Crippen LogP) is 0.401. The van der Waals surface area contributed by atoms with Gasteiger partial charge in [0.2, 0.25) is 0 Å². The molecule has 1 aromatic rings. The van der Waals surface area contributed by atoms with Crippen molar-refractivity contribution in [3.8, 4) is 0 Å². The molecule has 1 aromatic heterocycles. The zero-order chi connectivity index (χ0) is 14.6. The maximum atomic E-state index is 11.9. The number of nitrogens with two attached hydrogens (primary N) is 1. The summed E-state index contributed by atoms with van der Waals surface area (Å²) in [4.78, 5) is 34.2. The van der Waals surface area contributed by atoms with E-state index in [4.69, 9.17) is 10.5 Å². The highest BCUT2D eigenvalue weighted by Gasteiger charge is 2.28. The summed E-state index contributed by atoms with van der Waals surface area (Å²) in [7, 11) is 1.68. The van der Waals surface area contributed by atoms with Crippen LogP contribution < -0.4 is 11.1 Å². The van der Waals surface area contributed by atoms with Crippen LogP contribution in [0, 0.1) is 5.92 Å². The van der Waals surface area contributed by atoms with Crippen molar-refractivity contribution in [1.29, 1.82) is 0 Å². The van der Waals surface area contributed by atoms with Gasteiger partial charge in [0.15, 0.2) is 6.10 Å². The van der Waals surface area contributed by atoms with Crippen molar-refractivity contribution in [3.63, 3.8) is 0 Å². The Hall–Kier alpha value is -2.31. The first-order valence-corrected chi connectivity index (χ1v) is 5.75. The van der Waals surface area contributed by atoms with Crippen LogP contribution in [0.25, 0.3) is 0 Å². The Morgan fingerprint density at radius 3 is 2.42 bits per heavy atom. The van der Waals surface area contributed by atoms with Crippen molar-refractivity contribution in [1.82, 2.24) is 9.88 Å². The molecule has 0 saturated heterocycles. The van der Waals surface area contributed by atoms with E-state index in [9.17, 15) is 14.4 Å². The molecule has 0 saturated carbocycles. The Bertz CT molecular complexity index is 493. The molecule has 7 heteroatoms. The van der Waals surface area contributed by atoms with Crippen LogP contribution in [0.5, 0.6) is 0 Å². The van der Waals surface area contributed by atoms with Crippen molar-refractivity contribution in [2.75, 3.05) is 0 Å². The van der Waals surface area contributed by atoms with Crippen LogP contribution in [-0.2, 0) is 16.6 Å². The summed E-state index contributed by atoms with van der Waals surface area (Å²) >= 11 is 0. The minimum Gasteiger partial charge on any atom is -0.447 e. The number of ether oxygens (including phenoxy) is 1. The molecule has 1 atom stereocenters. The Morgan fingerprint density at radius 2 is 2.00 bits per heavy atom. The number of aryl methyl sites for hydroxylation is 1. The lowest BCUT2D eigenvalue weighted by atomic mass is 10.1. The summed E-state index contributed by atoms with van der Waals surface area (Å²) in [6.45, 7) is 3.40. The lowest BCUT2D eigenvalue weighted by Crippen LogP contribution is -2.45. The topological polar surface area (TPSA) is 103 Å². The van der Waals surface area contributed by atoms with E-state index in [0.29, 0.717) is 5.69 Å². The summed E-state index contributed by atoms with van der Waals surface area (Å²) in [5.74, 6) is -1.65. The summed E-state index contributed by atoms with van der Waals surface area (Å²) in [6.07, 6.45) is 0.611. The van der Waals surface area contributed by atoms with Gasteiger partial charge in [0, 0.05) is 13.2 Å². The molecule has 104 valence electrons. The van der Waals surface area contributed by atoms with E-state index < -0.39 is 24.0 Å². The van der Waals surface area contributed by atoms with Crippen molar-refractivity contribution < 1.29 is 19.1 Å². The van der Waals surface area contributed by atoms with Crippen molar-refractivity contribution >= 4 is 17.9 Å². The number of carbonyl (C=O) groups excluding carboxylic acids is 3. The third-order valence-electron chi connectivity index (χ3n) is 2.50. The maximum absolute atomic E-state index is 11.9. The Morgan fingerprint density at radius 1 is 1.37 bits per heavy atom. The molecule has 1 rings (SSSR count). The molecule has 3 amide bonds. The highest BCUT2D eigenvalue weighted by Crippen LogP contribution is 2.11. The van der Waals surface area contributed by atoms with Gasteiger partial charge in [-0.05, 0) is 18.1 Å². The Balaban J connectivity index is 2.80. The van der Waals surface area contributed by atoms with Gasteiger partial charge in [-0.3, -0.25) is 10.1 Å². The number of hydrogen-bond donors (Lipinski definition) is 2. The van der Waals surface area contributed by atoms with E-state index in [2.05, 4.69) is 0 Å². The van der Waals surface area contributed by atoms with Crippen LogP contribution in [0.2, 0.25) is 0 Å². The monoisotopic (exact) mass is 267 g/mol. The summed E-state index contributed by atoms with van der Waals surface area (Å²) in [5, 5.41) is 1.91. The van der Waals surface area contributed by atoms with Crippen LogP contribution in [0.4, 0.5) is 4.79 Å². The van der Waals surface area contributed by atoms with E-state index in [-0.39, 0.29) is 5.92 Å². The van der Waals surface area contributed by atoms with Gasteiger partial charge in [0.1, 0.15) is 5.69 Å². The van der Waals surface area contributed by atoms with Crippen molar-refractivity contribution in [2.24, 2.45) is 18.7 Å². The quantitative estimate of drug-likeness (QED) is 0.770. The first-order valence-electron chi connectivity index (χ1n) is 5.75. The second-order valence-corrected chi connectivity index (χ2v) is 4.43. The fraction of sp³-hybridized carbons (Fsp3) is 0.417. The van der Waals surface area contributed by atoms with E-state index in [1.807, 2.05) is 5.32 Å². The molecule has 0 radical (unpaired) electrons. The van der Waals surface area contributed by atoms with Crippen molar-refractivity contribution in [3.05, 3.63) is 24.0 Å². The molecule has 1 heterocycles. The van der Waals surface area contributed by atoms with Crippen LogP contribution in [0.15, 0.2) is 18.3 Å². The largest absolute Gasteiger partial charge is 0.447 e. The molecule has 0 unspecified atom stereocenters. The average molecular weight is 267 g/mol. The number of primary amides is 1. The number of rotatable bonds is 4. The summed E-state index contributed by atoms with van der Waals surface area (Å²) < 4.78 is 6.70. The van der Waals surface area contributed by atoms with Gasteiger partial charge in [-0.25, -0.2) is 9.59 Å². The first-order chi connectivity index (χ1) is 8.82. The van der Waals surface area contributed by atoms with Crippen LogP contribution in [0.1, 0.15) is 24.3 Å². The van der Waals surface area contributed by atoms with E-state index in [1.165, 1.54) is 0 Å². The molecule has 0 spiro atoms. The molecule has 19 heavy (non-hydrogen) atoms. The van der Waals surface area contributed by atoms with Crippen LogP contribution >= 0.6 is 0 Å². The second kappa shape index (κ2) is 6.03. The van der Waals surface area contributed by atoms with E-state index in [1.54, 1.807) is 43.8 Å².